The second kappa shape index (κ2) is 5.53. The molecule has 1 unspecified atom stereocenters. The minimum absolute atomic E-state index is 0.00194. The zero-order valence-electron chi connectivity index (χ0n) is 12.9. The van der Waals surface area contributed by atoms with Gasteiger partial charge in [-0.25, -0.2) is 0 Å². The van der Waals surface area contributed by atoms with Crippen LogP contribution in [0.1, 0.15) is 36.4 Å². The third kappa shape index (κ3) is 2.87. The standard InChI is InChI=1S/C16H19N3O3/c1-10-13(14(19-22-10)11-4-6-17-7-5-11)15(20)18-12-8-16(2,3)21-9-12/h4-7,12H,8-9H2,1-3H3,(H,18,20). The number of hydrogen-bond donors (Lipinski definition) is 1. The first-order valence-corrected chi connectivity index (χ1v) is 7.28. The average Bonchev–Trinajstić information content (AvgIpc) is 3.02. The van der Waals surface area contributed by atoms with Gasteiger partial charge >= 0.3 is 0 Å². The Morgan fingerprint density at radius 1 is 1.36 bits per heavy atom. The zero-order valence-corrected chi connectivity index (χ0v) is 12.9. The molecule has 1 saturated heterocycles. The van der Waals surface area contributed by atoms with Crippen LogP contribution in [0.15, 0.2) is 29.0 Å². The van der Waals surface area contributed by atoms with Gasteiger partial charge in [-0.3, -0.25) is 9.78 Å². The van der Waals surface area contributed by atoms with Crippen LogP contribution in [0, 0.1) is 6.92 Å². The third-order valence-electron chi connectivity index (χ3n) is 3.79. The number of ether oxygens (including phenoxy) is 1. The van der Waals surface area contributed by atoms with Gasteiger partial charge in [-0.05, 0) is 39.3 Å². The molecule has 6 heteroatoms. The van der Waals surface area contributed by atoms with E-state index in [1.54, 1.807) is 31.5 Å². The highest BCUT2D eigenvalue weighted by Gasteiger charge is 2.34. The highest BCUT2D eigenvalue weighted by atomic mass is 16.5. The smallest absolute Gasteiger partial charge is 0.257 e. The van der Waals surface area contributed by atoms with Crippen molar-refractivity contribution in [3.05, 3.63) is 35.9 Å². The second-order valence-electron chi connectivity index (χ2n) is 6.14. The van der Waals surface area contributed by atoms with Crippen molar-refractivity contribution in [1.82, 2.24) is 15.5 Å². The van der Waals surface area contributed by atoms with Crippen molar-refractivity contribution >= 4 is 5.91 Å². The topological polar surface area (TPSA) is 77.2 Å². The molecule has 1 N–H and O–H groups in total. The molecule has 2 aromatic rings. The van der Waals surface area contributed by atoms with Gasteiger partial charge < -0.3 is 14.6 Å². The number of aryl methyl sites for hydroxylation is 1. The molecule has 1 aliphatic heterocycles. The Kier molecular flexibility index (Phi) is 3.70. The molecule has 6 nitrogen and oxygen atoms in total. The number of hydrogen-bond acceptors (Lipinski definition) is 5. The predicted molar refractivity (Wildman–Crippen MR) is 80.4 cm³/mol. The van der Waals surface area contributed by atoms with E-state index in [0.717, 1.165) is 12.0 Å². The van der Waals surface area contributed by atoms with E-state index in [1.807, 2.05) is 13.8 Å². The Balaban J connectivity index is 1.83. The Hall–Kier alpha value is -2.21. The van der Waals surface area contributed by atoms with Gasteiger partial charge in [0.1, 0.15) is 17.0 Å². The first kappa shape index (κ1) is 14.7. The lowest BCUT2D eigenvalue weighted by atomic mass is 10.0. The minimum Gasteiger partial charge on any atom is -0.373 e. The van der Waals surface area contributed by atoms with Crippen LogP contribution in [0.4, 0.5) is 0 Å². The van der Waals surface area contributed by atoms with Crippen molar-refractivity contribution in [2.45, 2.75) is 38.8 Å². The van der Waals surface area contributed by atoms with Crippen LogP contribution in [0.2, 0.25) is 0 Å². The Morgan fingerprint density at radius 3 is 2.73 bits per heavy atom. The molecule has 0 radical (unpaired) electrons. The van der Waals surface area contributed by atoms with Crippen LogP contribution in [0.25, 0.3) is 11.3 Å². The van der Waals surface area contributed by atoms with Crippen LogP contribution >= 0.6 is 0 Å². The summed E-state index contributed by atoms with van der Waals surface area (Å²) in [6.45, 7) is 6.30. The molecule has 0 spiro atoms. The Morgan fingerprint density at radius 2 is 2.09 bits per heavy atom. The number of aromatic nitrogens is 2. The summed E-state index contributed by atoms with van der Waals surface area (Å²) in [6, 6.07) is 3.60. The summed E-state index contributed by atoms with van der Waals surface area (Å²) in [5.41, 5.74) is 1.61. The van der Waals surface area contributed by atoms with Crippen LogP contribution in [-0.2, 0) is 4.74 Å². The van der Waals surface area contributed by atoms with Crippen molar-refractivity contribution in [3.63, 3.8) is 0 Å². The monoisotopic (exact) mass is 301 g/mol. The molecule has 1 fully saturated rings. The van der Waals surface area contributed by atoms with E-state index in [-0.39, 0.29) is 17.6 Å². The maximum absolute atomic E-state index is 12.6. The molecule has 3 rings (SSSR count). The van der Waals surface area contributed by atoms with Crippen LogP contribution < -0.4 is 5.32 Å². The highest BCUT2D eigenvalue weighted by Crippen LogP contribution is 2.27. The Labute approximate surface area is 128 Å². The molecule has 116 valence electrons. The van der Waals surface area contributed by atoms with E-state index < -0.39 is 0 Å². The number of carbonyl (C=O) groups excluding carboxylic acids is 1. The van der Waals surface area contributed by atoms with Gasteiger partial charge in [0, 0.05) is 18.0 Å². The quantitative estimate of drug-likeness (QED) is 0.941. The summed E-state index contributed by atoms with van der Waals surface area (Å²) in [4.78, 5) is 16.6. The summed E-state index contributed by atoms with van der Waals surface area (Å²) in [6.07, 6.45) is 4.11. The summed E-state index contributed by atoms with van der Waals surface area (Å²) in [7, 11) is 0. The van der Waals surface area contributed by atoms with Crippen molar-refractivity contribution in [2.75, 3.05) is 6.61 Å². The molecule has 22 heavy (non-hydrogen) atoms. The largest absolute Gasteiger partial charge is 0.373 e. The number of carbonyl (C=O) groups is 1. The lowest BCUT2D eigenvalue weighted by Crippen LogP contribution is -2.36. The molecule has 0 saturated carbocycles. The Bertz CT molecular complexity index is 679. The number of rotatable bonds is 3. The maximum Gasteiger partial charge on any atom is 0.257 e. The summed E-state index contributed by atoms with van der Waals surface area (Å²) in [5.74, 6) is 0.319. The molecule has 0 aromatic carbocycles. The molecular weight excluding hydrogens is 282 g/mol. The van der Waals surface area contributed by atoms with Crippen molar-refractivity contribution in [2.24, 2.45) is 0 Å². The summed E-state index contributed by atoms with van der Waals surface area (Å²) in [5, 5.41) is 7.02. The van der Waals surface area contributed by atoms with E-state index in [9.17, 15) is 4.79 Å². The van der Waals surface area contributed by atoms with Crippen molar-refractivity contribution in [1.29, 1.82) is 0 Å². The van der Waals surface area contributed by atoms with Gasteiger partial charge in [-0.2, -0.15) is 0 Å². The van der Waals surface area contributed by atoms with Gasteiger partial charge in [0.05, 0.1) is 18.2 Å². The zero-order chi connectivity index (χ0) is 15.7. The summed E-state index contributed by atoms with van der Waals surface area (Å²) >= 11 is 0. The van der Waals surface area contributed by atoms with Gasteiger partial charge in [0.2, 0.25) is 0 Å². The van der Waals surface area contributed by atoms with E-state index in [4.69, 9.17) is 9.26 Å². The van der Waals surface area contributed by atoms with Crippen LogP contribution in [-0.4, -0.2) is 34.3 Å². The number of nitrogens with one attached hydrogen (secondary N) is 1. The third-order valence-corrected chi connectivity index (χ3v) is 3.79. The van der Waals surface area contributed by atoms with E-state index in [1.165, 1.54) is 0 Å². The minimum atomic E-state index is -0.199. The van der Waals surface area contributed by atoms with Crippen LogP contribution in [0.3, 0.4) is 0 Å². The fourth-order valence-electron chi connectivity index (χ4n) is 2.73. The van der Waals surface area contributed by atoms with E-state index in [0.29, 0.717) is 23.6 Å². The van der Waals surface area contributed by atoms with Gasteiger partial charge in [-0.15, -0.1) is 0 Å². The molecule has 2 aromatic heterocycles. The van der Waals surface area contributed by atoms with Gasteiger partial charge in [-0.1, -0.05) is 5.16 Å². The highest BCUT2D eigenvalue weighted by molar-refractivity contribution is 6.00. The molecular formula is C16H19N3O3. The summed E-state index contributed by atoms with van der Waals surface area (Å²) < 4.78 is 10.9. The number of nitrogens with zero attached hydrogens (tertiary/aromatic N) is 2. The molecule has 0 bridgehead atoms. The molecule has 1 amide bonds. The molecule has 3 heterocycles. The fourth-order valence-corrected chi connectivity index (χ4v) is 2.73. The van der Waals surface area contributed by atoms with Crippen LogP contribution in [0.5, 0.6) is 0 Å². The maximum atomic E-state index is 12.6. The predicted octanol–water partition coefficient (Wildman–Crippen LogP) is 2.34. The van der Waals surface area contributed by atoms with Crippen molar-refractivity contribution in [3.8, 4) is 11.3 Å². The van der Waals surface area contributed by atoms with Gasteiger partial charge in [0.15, 0.2) is 0 Å². The van der Waals surface area contributed by atoms with E-state index in [2.05, 4.69) is 15.5 Å². The SMILES string of the molecule is Cc1onc(-c2ccncc2)c1C(=O)NC1COC(C)(C)C1. The first-order chi connectivity index (χ1) is 10.5. The fraction of sp³-hybridized carbons (Fsp3) is 0.438. The first-order valence-electron chi connectivity index (χ1n) is 7.28. The number of amides is 1. The van der Waals surface area contributed by atoms with E-state index >= 15 is 0 Å². The average molecular weight is 301 g/mol. The number of pyridine rings is 1. The lowest BCUT2D eigenvalue weighted by molar-refractivity contribution is 0.0355. The van der Waals surface area contributed by atoms with Gasteiger partial charge in [0.25, 0.3) is 5.91 Å². The molecule has 1 atom stereocenters. The second-order valence-corrected chi connectivity index (χ2v) is 6.14. The lowest BCUT2D eigenvalue weighted by Gasteiger charge is -2.16. The normalized spacial score (nSPS) is 20.0. The molecule has 0 aliphatic carbocycles. The van der Waals surface area contributed by atoms with Crippen molar-refractivity contribution < 1.29 is 14.1 Å². The molecule has 1 aliphatic rings.